The Morgan fingerprint density at radius 2 is 2.00 bits per heavy atom. The second-order valence-electron chi connectivity index (χ2n) is 4.60. The summed E-state index contributed by atoms with van der Waals surface area (Å²) >= 11 is 0. The summed E-state index contributed by atoms with van der Waals surface area (Å²) in [5.41, 5.74) is -0.607. The van der Waals surface area contributed by atoms with E-state index in [9.17, 15) is 9.59 Å². The van der Waals surface area contributed by atoms with Gasteiger partial charge >= 0.3 is 5.97 Å². The molecule has 0 spiro atoms. The Labute approximate surface area is 118 Å². The van der Waals surface area contributed by atoms with Crippen LogP contribution in [0.15, 0.2) is 18.2 Å². The zero-order valence-electron chi connectivity index (χ0n) is 12.3. The van der Waals surface area contributed by atoms with Gasteiger partial charge in [-0.3, -0.25) is 4.79 Å². The van der Waals surface area contributed by atoms with Gasteiger partial charge in [0.2, 0.25) is 5.60 Å². The van der Waals surface area contributed by atoms with Gasteiger partial charge in [0.15, 0.2) is 11.5 Å². The zero-order chi connectivity index (χ0) is 15.2. The first-order valence-corrected chi connectivity index (χ1v) is 6.41. The molecule has 1 aromatic carbocycles. The standard InChI is InChI=1S/C15H20O5/c1-5-8-15(2,14(17)19-4)20-12-7-6-11(10-16)9-13(12)18-3/h6-7,9-10H,5,8H2,1-4H3. The van der Waals surface area contributed by atoms with E-state index in [4.69, 9.17) is 14.2 Å². The van der Waals surface area contributed by atoms with Crippen LogP contribution in [0.2, 0.25) is 0 Å². The Hall–Kier alpha value is -2.04. The second-order valence-corrected chi connectivity index (χ2v) is 4.60. The topological polar surface area (TPSA) is 61.8 Å². The maximum atomic E-state index is 11.9. The van der Waals surface area contributed by atoms with Crippen molar-refractivity contribution in [3.05, 3.63) is 23.8 Å². The summed E-state index contributed by atoms with van der Waals surface area (Å²) in [5, 5.41) is 0. The highest BCUT2D eigenvalue weighted by atomic mass is 16.6. The van der Waals surface area contributed by atoms with E-state index in [0.29, 0.717) is 23.5 Å². The van der Waals surface area contributed by atoms with E-state index >= 15 is 0 Å². The quantitative estimate of drug-likeness (QED) is 0.567. The van der Waals surface area contributed by atoms with E-state index < -0.39 is 11.6 Å². The smallest absolute Gasteiger partial charge is 0.349 e. The SMILES string of the molecule is CCCC(C)(Oc1ccc(C=O)cc1OC)C(=O)OC. The van der Waals surface area contributed by atoms with Crippen molar-refractivity contribution in [2.24, 2.45) is 0 Å². The molecule has 0 saturated carbocycles. The number of ether oxygens (including phenoxy) is 3. The Morgan fingerprint density at radius 1 is 1.30 bits per heavy atom. The number of carbonyl (C=O) groups excluding carboxylic acids is 2. The van der Waals surface area contributed by atoms with Crippen molar-refractivity contribution in [2.45, 2.75) is 32.3 Å². The largest absolute Gasteiger partial charge is 0.493 e. The molecule has 1 aromatic rings. The maximum Gasteiger partial charge on any atom is 0.349 e. The summed E-state index contributed by atoms with van der Waals surface area (Å²) in [6, 6.07) is 4.78. The molecule has 1 rings (SSSR count). The maximum absolute atomic E-state index is 11.9. The van der Waals surface area contributed by atoms with Crippen molar-refractivity contribution in [1.29, 1.82) is 0 Å². The number of methoxy groups -OCH3 is 2. The van der Waals surface area contributed by atoms with Gasteiger partial charge in [-0.05, 0) is 31.5 Å². The van der Waals surface area contributed by atoms with Crippen LogP contribution in [-0.4, -0.2) is 32.1 Å². The average Bonchev–Trinajstić information content (AvgIpc) is 2.46. The third kappa shape index (κ3) is 3.50. The third-order valence-electron chi connectivity index (χ3n) is 3.00. The molecule has 0 amide bonds. The lowest BCUT2D eigenvalue weighted by Gasteiger charge is -2.28. The van der Waals surface area contributed by atoms with Crippen LogP contribution < -0.4 is 9.47 Å². The number of esters is 1. The molecule has 0 fully saturated rings. The van der Waals surface area contributed by atoms with E-state index in [2.05, 4.69) is 0 Å². The van der Waals surface area contributed by atoms with Crippen LogP contribution in [0.4, 0.5) is 0 Å². The van der Waals surface area contributed by atoms with Crippen molar-refractivity contribution in [3.8, 4) is 11.5 Å². The highest BCUT2D eigenvalue weighted by molar-refractivity contribution is 5.80. The summed E-state index contributed by atoms with van der Waals surface area (Å²) in [4.78, 5) is 22.7. The van der Waals surface area contributed by atoms with Gasteiger partial charge in [-0.1, -0.05) is 13.3 Å². The molecular weight excluding hydrogens is 260 g/mol. The molecule has 0 N–H and O–H groups in total. The van der Waals surface area contributed by atoms with E-state index in [1.807, 2.05) is 6.92 Å². The summed E-state index contributed by atoms with van der Waals surface area (Å²) in [5.74, 6) is 0.362. The van der Waals surface area contributed by atoms with Crippen LogP contribution in [0.5, 0.6) is 11.5 Å². The van der Waals surface area contributed by atoms with Crippen molar-refractivity contribution < 1.29 is 23.8 Å². The fourth-order valence-electron chi connectivity index (χ4n) is 1.97. The molecule has 5 heteroatoms. The predicted molar refractivity (Wildman–Crippen MR) is 74.3 cm³/mol. The first-order valence-electron chi connectivity index (χ1n) is 6.41. The first-order chi connectivity index (χ1) is 9.50. The van der Waals surface area contributed by atoms with E-state index in [0.717, 1.165) is 12.7 Å². The molecule has 1 unspecified atom stereocenters. The number of hydrogen-bond donors (Lipinski definition) is 0. The molecule has 0 saturated heterocycles. The highest BCUT2D eigenvalue weighted by Gasteiger charge is 2.36. The zero-order valence-corrected chi connectivity index (χ0v) is 12.3. The van der Waals surface area contributed by atoms with Gasteiger partial charge < -0.3 is 14.2 Å². The molecule has 0 aliphatic carbocycles. The lowest BCUT2D eigenvalue weighted by molar-refractivity contribution is -0.158. The van der Waals surface area contributed by atoms with Crippen LogP contribution in [0.1, 0.15) is 37.0 Å². The molecule has 0 heterocycles. The minimum Gasteiger partial charge on any atom is -0.493 e. The van der Waals surface area contributed by atoms with Crippen molar-refractivity contribution in [3.63, 3.8) is 0 Å². The molecule has 0 aromatic heterocycles. The number of benzene rings is 1. The van der Waals surface area contributed by atoms with Crippen LogP contribution in [0, 0.1) is 0 Å². The highest BCUT2D eigenvalue weighted by Crippen LogP contribution is 2.32. The number of hydrogen-bond acceptors (Lipinski definition) is 5. The third-order valence-corrected chi connectivity index (χ3v) is 3.00. The average molecular weight is 280 g/mol. The van der Waals surface area contributed by atoms with Gasteiger partial charge in [-0.25, -0.2) is 4.79 Å². The Kier molecular flexibility index (Phi) is 5.55. The van der Waals surface area contributed by atoms with Crippen LogP contribution >= 0.6 is 0 Å². The minimum atomic E-state index is -1.08. The second kappa shape index (κ2) is 6.93. The lowest BCUT2D eigenvalue weighted by Crippen LogP contribution is -2.42. The molecule has 0 aliphatic rings. The summed E-state index contributed by atoms with van der Waals surface area (Å²) in [6.45, 7) is 3.63. The van der Waals surface area contributed by atoms with E-state index in [-0.39, 0.29) is 0 Å². The molecular formula is C15H20O5. The van der Waals surface area contributed by atoms with Crippen molar-refractivity contribution >= 4 is 12.3 Å². The molecule has 5 nitrogen and oxygen atoms in total. The first kappa shape index (κ1) is 16.0. The van der Waals surface area contributed by atoms with Gasteiger partial charge in [-0.2, -0.15) is 0 Å². The van der Waals surface area contributed by atoms with E-state index in [1.165, 1.54) is 14.2 Å². The summed E-state index contributed by atoms with van der Waals surface area (Å²) in [6.07, 6.45) is 2.00. The predicted octanol–water partition coefficient (Wildman–Crippen LogP) is 2.62. The Morgan fingerprint density at radius 3 is 2.50 bits per heavy atom. The Bertz CT molecular complexity index is 483. The fourth-order valence-corrected chi connectivity index (χ4v) is 1.97. The fraction of sp³-hybridized carbons (Fsp3) is 0.467. The monoisotopic (exact) mass is 280 g/mol. The van der Waals surface area contributed by atoms with E-state index in [1.54, 1.807) is 25.1 Å². The molecule has 110 valence electrons. The summed E-state index contributed by atoms with van der Waals surface area (Å²) < 4.78 is 15.8. The molecule has 0 aliphatic heterocycles. The van der Waals surface area contributed by atoms with Crippen LogP contribution in [-0.2, 0) is 9.53 Å². The summed E-state index contributed by atoms with van der Waals surface area (Å²) in [7, 11) is 2.80. The lowest BCUT2D eigenvalue weighted by atomic mass is 10.0. The van der Waals surface area contributed by atoms with Crippen LogP contribution in [0.25, 0.3) is 0 Å². The Balaban J connectivity index is 3.10. The van der Waals surface area contributed by atoms with Gasteiger partial charge in [0.05, 0.1) is 14.2 Å². The normalized spacial score (nSPS) is 13.2. The van der Waals surface area contributed by atoms with Crippen molar-refractivity contribution in [1.82, 2.24) is 0 Å². The van der Waals surface area contributed by atoms with Gasteiger partial charge in [0, 0.05) is 5.56 Å². The number of carbonyl (C=O) groups is 2. The molecule has 1 atom stereocenters. The van der Waals surface area contributed by atoms with Crippen molar-refractivity contribution in [2.75, 3.05) is 14.2 Å². The van der Waals surface area contributed by atoms with Gasteiger partial charge in [0.25, 0.3) is 0 Å². The number of rotatable bonds is 7. The van der Waals surface area contributed by atoms with Gasteiger partial charge in [0.1, 0.15) is 6.29 Å². The van der Waals surface area contributed by atoms with Crippen LogP contribution in [0.3, 0.4) is 0 Å². The molecule has 20 heavy (non-hydrogen) atoms. The molecule has 0 radical (unpaired) electrons. The number of aldehydes is 1. The molecule has 0 bridgehead atoms. The minimum absolute atomic E-state index is 0.402. The van der Waals surface area contributed by atoms with Gasteiger partial charge in [-0.15, -0.1) is 0 Å².